The molecule has 174 valence electrons. The minimum atomic E-state index is -0.573. The van der Waals surface area contributed by atoms with E-state index in [2.05, 4.69) is 30.3 Å². The van der Waals surface area contributed by atoms with E-state index in [9.17, 15) is 14.9 Å². The van der Waals surface area contributed by atoms with Crippen LogP contribution >= 0.6 is 0 Å². The van der Waals surface area contributed by atoms with Crippen molar-refractivity contribution in [2.24, 2.45) is 11.1 Å². The third kappa shape index (κ3) is 4.19. The van der Waals surface area contributed by atoms with Crippen LogP contribution in [0.2, 0.25) is 0 Å². The minimum Gasteiger partial charge on any atom is -0.383 e. The second-order valence-corrected chi connectivity index (χ2v) is 9.98. The van der Waals surface area contributed by atoms with Crippen molar-refractivity contribution in [2.75, 3.05) is 0 Å². The van der Waals surface area contributed by atoms with Gasteiger partial charge in [0, 0.05) is 24.4 Å². The van der Waals surface area contributed by atoms with Crippen LogP contribution in [0.3, 0.4) is 0 Å². The molecule has 2 aromatic rings. The lowest BCUT2D eigenvalue weighted by Gasteiger charge is -2.43. The monoisotopic (exact) mass is 455 g/mol. The molecular weight excluding hydrogens is 426 g/mol. The summed E-state index contributed by atoms with van der Waals surface area (Å²) in [5.41, 5.74) is 12.8. The van der Waals surface area contributed by atoms with Gasteiger partial charge in [-0.15, -0.1) is 0 Å². The standard InChI is InChI=1S/C27H29N5O2/c1-16(2)17-7-9-18(10-8-17)23-20(14-28)25(29)32(31-26(34)19-6-5-11-30-15-19)21-12-27(3,4)13-22(33)24(21)23/h5-11,15-16,23H,12-13,29H2,1-4H3,(H,31,34). The molecule has 1 aromatic carbocycles. The molecule has 7 heteroatoms. The first-order valence-corrected chi connectivity index (χ1v) is 11.4. The summed E-state index contributed by atoms with van der Waals surface area (Å²) in [6.07, 6.45) is 3.92. The maximum atomic E-state index is 13.5. The summed E-state index contributed by atoms with van der Waals surface area (Å²) in [6.45, 7) is 8.26. The first-order valence-electron chi connectivity index (χ1n) is 11.4. The summed E-state index contributed by atoms with van der Waals surface area (Å²) in [7, 11) is 0. The van der Waals surface area contributed by atoms with E-state index < -0.39 is 11.8 Å². The van der Waals surface area contributed by atoms with Crippen LogP contribution in [0.1, 0.15) is 73.9 Å². The summed E-state index contributed by atoms with van der Waals surface area (Å²) in [4.78, 5) is 30.5. The van der Waals surface area contributed by atoms with Gasteiger partial charge in [-0.3, -0.25) is 20.0 Å². The number of nitrogens with one attached hydrogen (secondary N) is 1. The molecule has 1 unspecified atom stereocenters. The predicted octanol–water partition coefficient (Wildman–Crippen LogP) is 4.29. The van der Waals surface area contributed by atoms with Crippen LogP contribution in [0.15, 0.2) is 71.5 Å². The highest BCUT2D eigenvalue weighted by Crippen LogP contribution is 2.48. The molecule has 1 atom stereocenters. The molecule has 0 fully saturated rings. The Bertz CT molecular complexity index is 1230. The number of benzene rings is 1. The zero-order valence-corrected chi connectivity index (χ0v) is 19.9. The van der Waals surface area contributed by atoms with Crippen LogP contribution in [0.5, 0.6) is 0 Å². The number of hydrogen-bond acceptors (Lipinski definition) is 6. The van der Waals surface area contributed by atoms with Crippen LogP contribution in [0, 0.1) is 16.7 Å². The number of Topliss-reactive ketones (excluding diaryl/α,β-unsaturated/α-hetero) is 1. The maximum Gasteiger partial charge on any atom is 0.271 e. The number of pyridine rings is 1. The fourth-order valence-electron chi connectivity index (χ4n) is 4.71. The fraction of sp³-hybridized carbons (Fsp3) is 0.333. The van der Waals surface area contributed by atoms with Crippen LogP contribution in [0.4, 0.5) is 0 Å². The van der Waals surface area contributed by atoms with Crippen LogP contribution in [-0.4, -0.2) is 21.7 Å². The Hall–Kier alpha value is -3.92. The maximum absolute atomic E-state index is 13.5. The van der Waals surface area contributed by atoms with Crippen molar-refractivity contribution < 1.29 is 9.59 Å². The van der Waals surface area contributed by atoms with Crippen LogP contribution in [-0.2, 0) is 4.79 Å². The Kier molecular flexibility index (Phi) is 6.01. The Labute approximate surface area is 199 Å². The minimum absolute atomic E-state index is 0.0370. The second-order valence-electron chi connectivity index (χ2n) is 9.98. The van der Waals surface area contributed by atoms with Crippen molar-refractivity contribution in [3.05, 3.63) is 88.1 Å². The molecule has 34 heavy (non-hydrogen) atoms. The molecule has 7 nitrogen and oxygen atoms in total. The number of carbonyl (C=O) groups excluding carboxylic acids is 2. The lowest BCUT2D eigenvalue weighted by atomic mass is 9.69. The largest absolute Gasteiger partial charge is 0.383 e. The molecule has 0 radical (unpaired) electrons. The smallest absolute Gasteiger partial charge is 0.271 e. The average Bonchev–Trinajstić information content (AvgIpc) is 2.80. The molecule has 1 aliphatic carbocycles. The molecule has 3 N–H and O–H groups in total. The van der Waals surface area contributed by atoms with Crippen molar-refractivity contribution in [3.63, 3.8) is 0 Å². The van der Waals surface area contributed by atoms with E-state index in [0.29, 0.717) is 35.6 Å². The van der Waals surface area contributed by atoms with Gasteiger partial charge < -0.3 is 5.73 Å². The molecule has 1 aromatic heterocycles. The van der Waals surface area contributed by atoms with Crippen LogP contribution in [0.25, 0.3) is 0 Å². The molecular formula is C27H29N5O2. The lowest BCUT2D eigenvalue weighted by Crippen LogP contribution is -2.49. The summed E-state index contributed by atoms with van der Waals surface area (Å²) < 4.78 is 0. The van der Waals surface area contributed by atoms with E-state index >= 15 is 0 Å². The van der Waals surface area contributed by atoms with E-state index in [1.165, 1.54) is 16.8 Å². The highest BCUT2D eigenvalue weighted by molar-refractivity contribution is 6.00. The van der Waals surface area contributed by atoms with E-state index in [4.69, 9.17) is 5.73 Å². The number of rotatable bonds is 4. The number of hydrogen-bond donors (Lipinski definition) is 2. The zero-order chi connectivity index (χ0) is 24.6. The number of hydrazine groups is 1. The number of allylic oxidation sites excluding steroid dienone is 3. The Balaban J connectivity index is 1.84. The number of ketones is 1. The number of amides is 1. The average molecular weight is 456 g/mol. The Morgan fingerprint density at radius 2 is 1.94 bits per heavy atom. The van der Waals surface area contributed by atoms with E-state index in [-0.39, 0.29) is 22.6 Å². The van der Waals surface area contributed by atoms with Gasteiger partial charge >= 0.3 is 0 Å². The number of carbonyl (C=O) groups is 2. The van der Waals surface area contributed by atoms with Gasteiger partial charge in [-0.05, 0) is 41.0 Å². The topological polar surface area (TPSA) is 112 Å². The van der Waals surface area contributed by atoms with Crippen molar-refractivity contribution in [2.45, 2.75) is 52.4 Å². The Morgan fingerprint density at radius 3 is 2.53 bits per heavy atom. The normalized spacial score (nSPS) is 19.7. The summed E-state index contributed by atoms with van der Waals surface area (Å²) in [5, 5.41) is 11.5. The molecule has 1 aliphatic heterocycles. The van der Waals surface area contributed by atoms with Gasteiger partial charge in [0.1, 0.15) is 5.82 Å². The first-order chi connectivity index (χ1) is 16.1. The van der Waals surface area contributed by atoms with Gasteiger partial charge in [0.2, 0.25) is 0 Å². The fourth-order valence-corrected chi connectivity index (χ4v) is 4.71. The molecule has 2 aliphatic rings. The van der Waals surface area contributed by atoms with Gasteiger partial charge in [-0.1, -0.05) is 52.0 Å². The van der Waals surface area contributed by atoms with Gasteiger partial charge in [0.25, 0.3) is 5.91 Å². The lowest BCUT2D eigenvalue weighted by molar-refractivity contribution is -0.118. The first kappa shape index (κ1) is 23.2. The Morgan fingerprint density at radius 1 is 1.24 bits per heavy atom. The zero-order valence-electron chi connectivity index (χ0n) is 19.9. The summed E-state index contributed by atoms with van der Waals surface area (Å²) >= 11 is 0. The predicted molar refractivity (Wildman–Crippen MR) is 129 cm³/mol. The molecule has 0 saturated heterocycles. The molecule has 0 saturated carbocycles. The highest BCUT2D eigenvalue weighted by Gasteiger charge is 2.44. The molecule has 2 heterocycles. The molecule has 0 spiro atoms. The van der Waals surface area contributed by atoms with Gasteiger partial charge in [0.15, 0.2) is 5.78 Å². The van der Waals surface area contributed by atoms with Gasteiger partial charge in [-0.25, -0.2) is 5.01 Å². The number of nitrogens with zero attached hydrogens (tertiary/aromatic N) is 3. The van der Waals surface area contributed by atoms with Crippen molar-refractivity contribution in [1.29, 1.82) is 5.26 Å². The van der Waals surface area contributed by atoms with Crippen molar-refractivity contribution >= 4 is 11.7 Å². The van der Waals surface area contributed by atoms with Crippen molar-refractivity contribution in [3.8, 4) is 6.07 Å². The van der Waals surface area contributed by atoms with Gasteiger partial charge in [0.05, 0.1) is 28.8 Å². The summed E-state index contributed by atoms with van der Waals surface area (Å²) in [6, 6.07) is 13.5. The van der Waals surface area contributed by atoms with Crippen molar-refractivity contribution in [1.82, 2.24) is 15.4 Å². The third-order valence-electron chi connectivity index (χ3n) is 6.45. The summed E-state index contributed by atoms with van der Waals surface area (Å²) in [5.74, 6) is -0.541. The number of nitriles is 1. The van der Waals surface area contributed by atoms with E-state index in [0.717, 1.165) is 5.56 Å². The molecule has 4 rings (SSSR count). The van der Waals surface area contributed by atoms with Gasteiger partial charge in [-0.2, -0.15) is 5.26 Å². The van der Waals surface area contributed by atoms with E-state index in [1.807, 2.05) is 38.1 Å². The number of nitrogens with two attached hydrogens (primary N) is 1. The van der Waals surface area contributed by atoms with Crippen LogP contribution < -0.4 is 11.2 Å². The number of aromatic nitrogens is 1. The molecule has 1 amide bonds. The second kappa shape index (κ2) is 8.79. The quantitative estimate of drug-likeness (QED) is 0.711. The highest BCUT2D eigenvalue weighted by atomic mass is 16.2. The SMILES string of the molecule is CC(C)c1ccc(C2C(C#N)=C(N)N(NC(=O)c3cccnc3)C3=C2C(=O)CC(C)(C)C3)cc1. The molecule has 0 bridgehead atoms. The van der Waals surface area contributed by atoms with E-state index in [1.54, 1.807) is 18.3 Å². The third-order valence-corrected chi connectivity index (χ3v) is 6.45.